The number of aryl methyl sites for hydroxylation is 1. The second kappa shape index (κ2) is 7.03. The first-order valence-electron chi connectivity index (χ1n) is 9.70. The fourth-order valence-electron chi connectivity index (χ4n) is 4.85. The summed E-state index contributed by atoms with van der Waals surface area (Å²) in [6.07, 6.45) is 8.55. The second-order valence-corrected chi connectivity index (χ2v) is 8.11. The van der Waals surface area contributed by atoms with Gasteiger partial charge in [0.15, 0.2) is 5.11 Å². The second-order valence-electron chi connectivity index (χ2n) is 7.73. The molecule has 5 heteroatoms. The molecule has 1 saturated heterocycles. The SMILES string of the molecule is Cc1cc([C@H]2[C@H](c3ccccn3)NC(=S)N2C)c(C)n1C1CCCCC1. The van der Waals surface area contributed by atoms with Gasteiger partial charge in [-0.15, -0.1) is 0 Å². The van der Waals surface area contributed by atoms with E-state index in [1.165, 1.54) is 49.1 Å². The largest absolute Gasteiger partial charge is 0.352 e. The van der Waals surface area contributed by atoms with E-state index in [-0.39, 0.29) is 12.1 Å². The van der Waals surface area contributed by atoms with E-state index in [4.69, 9.17) is 12.2 Å². The van der Waals surface area contributed by atoms with Gasteiger partial charge in [0.05, 0.1) is 17.8 Å². The zero-order valence-electron chi connectivity index (χ0n) is 15.9. The third kappa shape index (κ3) is 2.92. The highest BCUT2D eigenvalue weighted by Crippen LogP contribution is 2.41. The van der Waals surface area contributed by atoms with Crippen LogP contribution in [0, 0.1) is 13.8 Å². The molecule has 3 heterocycles. The van der Waals surface area contributed by atoms with Crippen molar-refractivity contribution in [3.8, 4) is 0 Å². The zero-order chi connectivity index (χ0) is 18.3. The van der Waals surface area contributed by atoms with Gasteiger partial charge in [-0.2, -0.15) is 0 Å². The summed E-state index contributed by atoms with van der Waals surface area (Å²) in [7, 11) is 2.09. The lowest BCUT2D eigenvalue weighted by molar-refractivity contribution is 0.339. The number of thiocarbonyl (C=S) groups is 1. The summed E-state index contributed by atoms with van der Waals surface area (Å²) in [5.74, 6) is 0. The molecular formula is C21H28N4S. The summed E-state index contributed by atoms with van der Waals surface area (Å²) in [4.78, 5) is 6.79. The van der Waals surface area contributed by atoms with Gasteiger partial charge in [-0.1, -0.05) is 25.3 Å². The summed E-state index contributed by atoms with van der Waals surface area (Å²) in [6, 6.07) is 9.40. The first-order chi connectivity index (χ1) is 12.6. The standard InChI is InChI=1S/C21H28N4S/c1-14-13-17(15(2)25(14)16-9-5-4-6-10-16)20-19(23-21(26)24(20)3)18-11-7-8-12-22-18/h7-8,11-13,16,19-20H,4-6,9-10H2,1-3H3,(H,23,26)/t19-,20-/m0/s1. The van der Waals surface area contributed by atoms with Crippen LogP contribution in [0.5, 0.6) is 0 Å². The molecule has 4 rings (SSSR count). The van der Waals surface area contributed by atoms with Crippen molar-refractivity contribution in [2.45, 2.75) is 64.1 Å². The van der Waals surface area contributed by atoms with Crippen molar-refractivity contribution < 1.29 is 0 Å². The molecule has 1 saturated carbocycles. The number of hydrogen-bond acceptors (Lipinski definition) is 2. The van der Waals surface area contributed by atoms with Crippen LogP contribution in [0.2, 0.25) is 0 Å². The Hall–Kier alpha value is -1.88. The molecule has 0 bridgehead atoms. The van der Waals surface area contributed by atoms with Gasteiger partial charge in [0.1, 0.15) is 0 Å². The molecule has 26 heavy (non-hydrogen) atoms. The van der Waals surface area contributed by atoms with Crippen molar-refractivity contribution in [2.24, 2.45) is 0 Å². The molecule has 2 aromatic heterocycles. The van der Waals surface area contributed by atoms with E-state index in [0.29, 0.717) is 6.04 Å². The van der Waals surface area contributed by atoms with Crippen LogP contribution in [0.15, 0.2) is 30.5 Å². The Bertz CT molecular complexity index is 792. The van der Waals surface area contributed by atoms with Crippen molar-refractivity contribution in [1.82, 2.24) is 19.8 Å². The summed E-state index contributed by atoms with van der Waals surface area (Å²) < 4.78 is 2.58. The van der Waals surface area contributed by atoms with Crippen LogP contribution in [0.1, 0.15) is 72.9 Å². The highest BCUT2D eigenvalue weighted by atomic mass is 32.1. The van der Waals surface area contributed by atoms with E-state index in [0.717, 1.165) is 10.8 Å². The van der Waals surface area contributed by atoms with E-state index < -0.39 is 0 Å². The van der Waals surface area contributed by atoms with Crippen LogP contribution in [-0.2, 0) is 0 Å². The maximum atomic E-state index is 5.58. The molecular weight excluding hydrogens is 340 g/mol. The molecule has 4 nitrogen and oxygen atoms in total. The molecule has 0 amide bonds. The fraction of sp³-hybridized carbons (Fsp3) is 0.524. The van der Waals surface area contributed by atoms with Gasteiger partial charge in [0, 0.05) is 30.7 Å². The molecule has 0 unspecified atom stereocenters. The summed E-state index contributed by atoms with van der Waals surface area (Å²) in [5.41, 5.74) is 5.18. The lowest BCUT2D eigenvalue weighted by Gasteiger charge is -2.28. The number of rotatable bonds is 3. The van der Waals surface area contributed by atoms with E-state index in [1.54, 1.807) is 0 Å². The Morgan fingerprint density at radius 3 is 2.62 bits per heavy atom. The van der Waals surface area contributed by atoms with Crippen LogP contribution in [-0.4, -0.2) is 26.6 Å². The third-order valence-electron chi connectivity index (χ3n) is 6.12. The van der Waals surface area contributed by atoms with Gasteiger partial charge in [-0.05, 0) is 62.7 Å². The average Bonchev–Trinajstić information content (AvgIpc) is 3.12. The molecule has 2 aliphatic rings. The topological polar surface area (TPSA) is 33.1 Å². The van der Waals surface area contributed by atoms with E-state index >= 15 is 0 Å². The van der Waals surface area contributed by atoms with Crippen LogP contribution < -0.4 is 5.32 Å². The van der Waals surface area contributed by atoms with Gasteiger partial charge in [0.25, 0.3) is 0 Å². The fourth-order valence-corrected chi connectivity index (χ4v) is 5.09. The lowest BCUT2D eigenvalue weighted by Crippen LogP contribution is -2.25. The van der Waals surface area contributed by atoms with Gasteiger partial charge in [-0.25, -0.2) is 0 Å². The van der Waals surface area contributed by atoms with Crippen molar-refractivity contribution in [2.75, 3.05) is 7.05 Å². The molecule has 138 valence electrons. The van der Waals surface area contributed by atoms with Crippen LogP contribution in [0.25, 0.3) is 0 Å². The van der Waals surface area contributed by atoms with Gasteiger partial charge < -0.3 is 14.8 Å². The molecule has 1 aliphatic heterocycles. The number of aromatic nitrogens is 2. The number of hydrogen-bond donors (Lipinski definition) is 1. The lowest BCUT2D eigenvalue weighted by atomic mass is 9.94. The molecule has 2 fully saturated rings. The Morgan fingerprint density at radius 1 is 1.15 bits per heavy atom. The van der Waals surface area contributed by atoms with Gasteiger partial charge >= 0.3 is 0 Å². The van der Waals surface area contributed by atoms with Crippen LogP contribution in [0.4, 0.5) is 0 Å². The number of nitrogens with one attached hydrogen (secondary N) is 1. The van der Waals surface area contributed by atoms with E-state index in [9.17, 15) is 0 Å². The predicted octanol–water partition coefficient (Wildman–Crippen LogP) is 4.61. The molecule has 2 atom stereocenters. The molecule has 0 spiro atoms. The van der Waals surface area contributed by atoms with Gasteiger partial charge in [0.2, 0.25) is 0 Å². The molecule has 2 aromatic rings. The third-order valence-corrected chi connectivity index (χ3v) is 6.53. The molecule has 1 N–H and O–H groups in total. The number of likely N-dealkylation sites (N-methyl/N-ethyl adjacent to an activating group) is 1. The summed E-state index contributed by atoms with van der Waals surface area (Å²) in [6.45, 7) is 4.53. The first kappa shape index (κ1) is 17.5. The Morgan fingerprint density at radius 2 is 1.92 bits per heavy atom. The molecule has 0 aromatic carbocycles. The van der Waals surface area contributed by atoms with Crippen LogP contribution >= 0.6 is 12.2 Å². The molecule has 0 radical (unpaired) electrons. The summed E-state index contributed by atoms with van der Waals surface area (Å²) >= 11 is 5.58. The highest BCUT2D eigenvalue weighted by molar-refractivity contribution is 7.80. The monoisotopic (exact) mass is 368 g/mol. The highest BCUT2D eigenvalue weighted by Gasteiger charge is 2.39. The Kier molecular flexibility index (Phi) is 4.74. The minimum Gasteiger partial charge on any atom is -0.352 e. The quantitative estimate of drug-likeness (QED) is 0.802. The number of pyridine rings is 1. The van der Waals surface area contributed by atoms with Crippen LogP contribution in [0.3, 0.4) is 0 Å². The van der Waals surface area contributed by atoms with Crippen molar-refractivity contribution in [3.63, 3.8) is 0 Å². The van der Waals surface area contributed by atoms with Gasteiger partial charge in [-0.3, -0.25) is 4.98 Å². The maximum absolute atomic E-state index is 5.58. The normalized spacial score (nSPS) is 24.1. The van der Waals surface area contributed by atoms with E-state index in [2.05, 4.69) is 52.8 Å². The predicted molar refractivity (Wildman–Crippen MR) is 109 cm³/mol. The minimum absolute atomic E-state index is 0.0917. The van der Waals surface area contributed by atoms with E-state index in [1.807, 2.05) is 18.3 Å². The maximum Gasteiger partial charge on any atom is 0.169 e. The smallest absolute Gasteiger partial charge is 0.169 e. The number of nitrogens with zero attached hydrogens (tertiary/aromatic N) is 3. The molecule has 1 aliphatic carbocycles. The minimum atomic E-state index is 0.0917. The Balaban J connectivity index is 1.74. The zero-order valence-corrected chi connectivity index (χ0v) is 16.7. The summed E-state index contributed by atoms with van der Waals surface area (Å²) in [5, 5.41) is 4.29. The average molecular weight is 369 g/mol. The van der Waals surface area contributed by atoms with Crippen molar-refractivity contribution in [1.29, 1.82) is 0 Å². The van der Waals surface area contributed by atoms with Crippen molar-refractivity contribution in [3.05, 3.63) is 53.1 Å². The first-order valence-corrected chi connectivity index (χ1v) is 10.1. The van der Waals surface area contributed by atoms with Crippen molar-refractivity contribution >= 4 is 17.3 Å². The Labute approximate surface area is 161 Å².